The Kier molecular flexibility index (Phi) is 8.28. The minimum absolute atomic E-state index is 0.0490. The van der Waals surface area contributed by atoms with Crippen molar-refractivity contribution in [2.45, 2.75) is 38.8 Å². The summed E-state index contributed by atoms with van der Waals surface area (Å²) in [6.45, 7) is 3.34. The van der Waals surface area contributed by atoms with Gasteiger partial charge in [-0.15, -0.1) is 0 Å². The number of sulfone groups is 1. The van der Waals surface area contributed by atoms with Gasteiger partial charge in [0.05, 0.1) is 25.7 Å². The molecule has 1 saturated heterocycles. The van der Waals surface area contributed by atoms with Crippen LogP contribution in [0.5, 0.6) is 11.5 Å². The van der Waals surface area contributed by atoms with Crippen LogP contribution in [0.15, 0.2) is 24.3 Å². The third-order valence-corrected chi connectivity index (χ3v) is 6.88. The van der Waals surface area contributed by atoms with E-state index in [0.29, 0.717) is 29.9 Å². The lowest BCUT2D eigenvalue weighted by atomic mass is 10.1. The van der Waals surface area contributed by atoms with E-state index in [2.05, 4.69) is 0 Å². The van der Waals surface area contributed by atoms with Crippen molar-refractivity contribution in [3.63, 3.8) is 0 Å². The number of amides is 1. The molecule has 166 valence electrons. The molecule has 1 aromatic rings. The lowest BCUT2D eigenvalue weighted by Gasteiger charge is -2.33. The maximum Gasteiger partial charge on any atom is 0.331 e. The topological polar surface area (TPSA) is 99.2 Å². The van der Waals surface area contributed by atoms with Gasteiger partial charge in [0.25, 0.3) is 5.91 Å². The molecule has 30 heavy (non-hydrogen) atoms. The van der Waals surface area contributed by atoms with Crippen molar-refractivity contribution in [3.8, 4) is 11.5 Å². The van der Waals surface area contributed by atoms with E-state index < -0.39 is 28.3 Å². The highest BCUT2D eigenvalue weighted by molar-refractivity contribution is 7.91. The number of benzene rings is 1. The SMILES string of the molecule is CCC(C)N(C(=O)COC(=O)C=Cc1cccc(OC)c1OC)C1CCS(=O)(=O)C1. The third-order valence-electron chi connectivity index (χ3n) is 5.13. The molecule has 0 saturated carbocycles. The van der Waals surface area contributed by atoms with Crippen LogP contribution in [-0.2, 0) is 24.2 Å². The maximum atomic E-state index is 12.7. The monoisotopic (exact) mass is 439 g/mol. The van der Waals surface area contributed by atoms with E-state index in [1.54, 1.807) is 23.1 Å². The van der Waals surface area contributed by atoms with Crippen LogP contribution in [-0.4, -0.2) is 69.6 Å². The van der Waals surface area contributed by atoms with Crippen LogP contribution in [0.1, 0.15) is 32.3 Å². The van der Waals surface area contributed by atoms with Crippen molar-refractivity contribution in [3.05, 3.63) is 29.8 Å². The average Bonchev–Trinajstić information content (AvgIpc) is 3.09. The molecule has 2 rings (SSSR count). The molecule has 2 atom stereocenters. The van der Waals surface area contributed by atoms with Crippen LogP contribution in [0.3, 0.4) is 0 Å². The van der Waals surface area contributed by atoms with Gasteiger partial charge in [0.2, 0.25) is 0 Å². The highest BCUT2D eigenvalue weighted by atomic mass is 32.2. The summed E-state index contributed by atoms with van der Waals surface area (Å²) in [4.78, 5) is 26.4. The molecule has 0 spiro atoms. The van der Waals surface area contributed by atoms with Crippen molar-refractivity contribution < 1.29 is 32.2 Å². The molecule has 1 fully saturated rings. The van der Waals surface area contributed by atoms with Gasteiger partial charge in [-0.1, -0.05) is 19.1 Å². The number of carbonyl (C=O) groups is 2. The quantitative estimate of drug-likeness (QED) is 0.429. The minimum Gasteiger partial charge on any atom is -0.493 e. The number of hydrogen-bond acceptors (Lipinski definition) is 7. The second-order valence-electron chi connectivity index (χ2n) is 7.14. The van der Waals surface area contributed by atoms with Gasteiger partial charge < -0.3 is 19.1 Å². The smallest absolute Gasteiger partial charge is 0.331 e. The number of rotatable bonds is 9. The molecule has 1 aliphatic rings. The van der Waals surface area contributed by atoms with Gasteiger partial charge in [0.1, 0.15) is 0 Å². The van der Waals surface area contributed by atoms with Gasteiger partial charge >= 0.3 is 5.97 Å². The minimum atomic E-state index is -3.13. The summed E-state index contributed by atoms with van der Waals surface area (Å²) in [5.41, 5.74) is 0.623. The Hall–Kier alpha value is -2.55. The fourth-order valence-corrected chi connectivity index (χ4v) is 5.17. The van der Waals surface area contributed by atoms with Crippen molar-refractivity contribution >= 4 is 27.8 Å². The lowest BCUT2D eigenvalue weighted by molar-refractivity contribution is -0.150. The van der Waals surface area contributed by atoms with E-state index >= 15 is 0 Å². The second kappa shape index (κ2) is 10.5. The molecular formula is C21H29NO7S. The fraction of sp³-hybridized carbons (Fsp3) is 0.524. The zero-order valence-corrected chi connectivity index (χ0v) is 18.6. The Balaban J connectivity index is 2.02. The van der Waals surface area contributed by atoms with E-state index in [9.17, 15) is 18.0 Å². The zero-order chi connectivity index (χ0) is 22.3. The van der Waals surface area contributed by atoms with Crippen LogP contribution in [0.2, 0.25) is 0 Å². The van der Waals surface area contributed by atoms with E-state index in [-0.39, 0.29) is 23.6 Å². The fourth-order valence-electron chi connectivity index (χ4n) is 3.46. The third kappa shape index (κ3) is 5.98. The molecule has 9 heteroatoms. The van der Waals surface area contributed by atoms with Crippen LogP contribution >= 0.6 is 0 Å². The van der Waals surface area contributed by atoms with Gasteiger partial charge in [-0.25, -0.2) is 13.2 Å². The van der Waals surface area contributed by atoms with Crippen LogP contribution in [0, 0.1) is 0 Å². The summed E-state index contributed by atoms with van der Waals surface area (Å²) in [7, 11) is -0.117. The Morgan fingerprint density at radius 2 is 2.00 bits per heavy atom. The van der Waals surface area contributed by atoms with Crippen molar-refractivity contribution in [1.29, 1.82) is 0 Å². The standard InChI is InChI=1S/C21H29NO7S/c1-5-15(2)22(17-11-12-30(25,26)14-17)19(23)13-29-20(24)10-9-16-7-6-8-18(27-3)21(16)28-4/h6-10,15,17H,5,11-14H2,1-4H3. The molecule has 0 N–H and O–H groups in total. The molecule has 0 aliphatic carbocycles. The molecule has 1 heterocycles. The average molecular weight is 440 g/mol. The first-order valence-corrected chi connectivity index (χ1v) is 11.6. The summed E-state index contributed by atoms with van der Waals surface area (Å²) >= 11 is 0. The van der Waals surface area contributed by atoms with E-state index in [1.807, 2.05) is 13.8 Å². The van der Waals surface area contributed by atoms with E-state index in [1.165, 1.54) is 26.4 Å². The van der Waals surface area contributed by atoms with Gasteiger partial charge in [-0.05, 0) is 31.9 Å². The van der Waals surface area contributed by atoms with Gasteiger partial charge in [0, 0.05) is 23.7 Å². The highest BCUT2D eigenvalue weighted by Gasteiger charge is 2.36. The number of para-hydroxylation sites is 1. The molecule has 1 aromatic carbocycles. The highest BCUT2D eigenvalue weighted by Crippen LogP contribution is 2.31. The summed E-state index contributed by atoms with van der Waals surface area (Å²) < 4.78 is 39.2. The summed E-state index contributed by atoms with van der Waals surface area (Å²) in [5.74, 6) is -0.0528. The van der Waals surface area contributed by atoms with E-state index in [4.69, 9.17) is 14.2 Å². The van der Waals surface area contributed by atoms with Gasteiger partial charge in [-0.3, -0.25) is 4.79 Å². The number of nitrogens with zero attached hydrogens (tertiary/aromatic N) is 1. The Morgan fingerprint density at radius 1 is 1.27 bits per heavy atom. The molecule has 1 aliphatic heterocycles. The summed E-state index contributed by atoms with van der Waals surface area (Å²) in [5, 5.41) is 0. The largest absolute Gasteiger partial charge is 0.493 e. The Bertz CT molecular complexity index is 895. The van der Waals surface area contributed by atoms with Crippen molar-refractivity contribution in [1.82, 2.24) is 4.90 Å². The van der Waals surface area contributed by atoms with Gasteiger partial charge in [-0.2, -0.15) is 0 Å². The van der Waals surface area contributed by atoms with Crippen molar-refractivity contribution in [2.24, 2.45) is 0 Å². The molecule has 0 aromatic heterocycles. The number of carbonyl (C=O) groups excluding carboxylic acids is 2. The first kappa shape index (κ1) is 23.7. The molecule has 1 amide bonds. The predicted octanol–water partition coefficient (Wildman–Crippen LogP) is 2.07. The maximum absolute atomic E-state index is 12.7. The molecule has 0 bridgehead atoms. The van der Waals surface area contributed by atoms with Gasteiger partial charge in [0.15, 0.2) is 27.9 Å². The summed E-state index contributed by atoms with van der Waals surface area (Å²) in [6, 6.07) is 4.72. The zero-order valence-electron chi connectivity index (χ0n) is 17.8. The first-order chi connectivity index (χ1) is 14.2. The Morgan fingerprint density at radius 3 is 2.57 bits per heavy atom. The van der Waals surface area contributed by atoms with E-state index in [0.717, 1.165) is 0 Å². The van der Waals surface area contributed by atoms with Crippen LogP contribution < -0.4 is 9.47 Å². The number of hydrogen-bond donors (Lipinski definition) is 0. The summed E-state index contributed by atoms with van der Waals surface area (Å²) in [6.07, 6.45) is 3.80. The lowest BCUT2D eigenvalue weighted by Crippen LogP contribution is -2.48. The normalized spacial score (nSPS) is 18.7. The molecular weight excluding hydrogens is 410 g/mol. The number of ether oxygens (including phenoxy) is 3. The second-order valence-corrected chi connectivity index (χ2v) is 9.37. The number of esters is 1. The molecule has 2 unspecified atom stereocenters. The van der Waals surface area contributed by atoms with Crippen LogP contribution in [0.4, 0.5) is 0 Å². The molecule has 0 radical (unpaired) electrons. The van der Waals surface area contributed by atoms with Crippen molar-refractivity contribution in [2.75, 3.05) is 32.3 Å². The predicted molar refractivity (Wildman–Crippen MR) is 113 cm³/mol. The number of methoxy groups -OCH3 is 2. The molecule has 8 nitrogen and oxygen atoms in total. The Labute approximate surface area is 177 Å². The first-order valence-electron chi connectivity index (χ1n) is 9.79. The van der Waals surface area contributed by atoms with Crippen LogP contribution in [0.25, 0.3) is 6.08 Å².